The highest BCUT2D eigenvalue weighted by Gasteiger charge is 2.23. The molecular formula is C16H17NO. The van der Waals surface area contributed by atoms with E-state index >= 15 is 0 Å². The lowest BCUT2D eigenvalue weighted by molar-refractivity contribution is 0.0448. The van der Waals surface area contributed by atoms with Crippen molar-refractivity contribution >= 4 is 0 Å². The first-order valence-electron chi connectivity index (χ1n) is 6.37. The maximum absolute atomic E-state index is 5.74. The number of hydrogen-bond donors (Lipinski definition) is 1. The van der Waals surface area contributed by atoms with Crippen LogP contribution in [0.2, 0.25) is 0 Å². The monoisotopic (exact) mass is 239 g/mol. The molecule has 2 nitrogen and oxygen atoms in total. The smallest absolute Gasteiger partial charge is 0.0662 e. The van der Waals surface area contributed by atoms with Gasteiger partial charge in [0.05, 0.1) is 25.3 Å². The largest absolute Gasteiger partial charge is 0.377 e. The lowest BCUT2D eigenvalue weighted by atomic mass is 10.0. The number of morpholine rings is 1. The van der Waals surface area contributed by atoms with Gasteiger partial charge in [-0.1, -0.05) is 60.7 Å². The third kappa shape index (κ3) is 2.45. The van der Waals surface area contributed by atoms with Gasteiger partial charge in [0.2, 0.25) is 0 Å². The van der Waals surface area contributed by atoms with Crippen LogP contribution in [-0.2, 0) is 4.74 Å². The van der Waals surface area contributed by atoms with Gasteiger partial charge in [-0.3, -0.25) is 5.32 Å². The summed E-state index contributed by atoms with van der Waals surface area (Å²) in [7, 11) is 0. The first kappa shape index (κ1) is 11.5. The standard InChI is InChI=1S/C16H17NO/c1-3-7-13(8-4-1)15-11-18-12-16(17-15)14-9-5-2-6-10-14/h1-10,15-17H,11-12H2/t15-,16+. The lowest BCUT2D eigenvalue weighted by Crippen LogP contribution is -2.37. The van der Waals surface area contributed by atoms with E-state index in [-0.39, 0.29) is 12.1 Å². The minimum absolute atomic E-state index is 0.283. The van der Waals surface area contributed by atoms with E-state index in [1.807, 2.05) is 12.1 Å². The summed E-state index contributed by atoms with van der Waals surface area (Å²) in [6.07, 6.45) is 0. The van der Waals surface area contributed by atoms with Crippen LogP contribution in [0.15, 0.2) is 60.7 Å². The van der Waals surface area contributed by atoms with Crippen LogP contribution < -0.4 is 5.32 Å². The van der Waals surface area contributed by atoms with E-state index in [1.54, 1.807) is 0 Å². The van der Waals surface area contributed by atoms with Crippen molar-refractivity contribution in [3.63, 3.8) is 0 Å². The Morgan fingerprint density at radius 1 is 0.722 bits per heavy atom. The van der Waals surface area contributed by atoms with E-state index in [4.69, 9.17) is 4.74 Å². The Morgan fingerprint density at radius 3 is 1.61 bits per heavy atom. The van der Waals surface area contributed by atoms with E-state index in [1.165, 1.54) is 11.1 Å². The number of nitrogens with one attached hydrogen (secondary N) is 1. The van der Waals surface area contributed by atoms with Crippen LogP contribution in [0.4, 0.5) is 0 Å². The molecule has 0 radical (unpaired) electrons. The normalized spacial score (nSPS) is 23.8. The summed E-state index contributed by atoms with van der Waals surface area (Å²) >= 11 is 0. The van der Waals surface area contributed by atoms with Crippen molar-refractivity contribution in [1.29, 1.82) is 0 Å². The Kier molecular flexibility index (Phi) is 3.40. The maximum Gasteiger partial charge on any atom is 0.0662 e. The van der Waals surface area contributed by atoms with Gasteiger partial charge in [0.15, 0.2) is 0 Å². The molecule has 0 bridgehead atoms. The zero-order valence-electron chi connectivity index (χ0n) is 10.3. The fourth-order valence-corrected chi connectivity index (χ4v) is 2.40. The third-order valence-corrected chi connectivity index (χ3v) is 3.38. The summed E-state index contributed by atoms with van der Waals surface area (Å²) < 4.78 is 5.74. The molecular weight excluding hydrogens is 222 g/mol. The molecule has 0 spiro atoms. The predicted molar refractivity (Wildman–Crippen MR) is 72.3 cm³/mol. The molecule has 1 aliphatic heterocycles. The van der Waals surface area contributed by atoms with E-state index < -0.39 is 0 Å². The topological polar surface area (TPSA) is 21.3 Å². The summed E-state index contributed by atoms with van der Waals surface area (Å²) in [5, 5.41) is 3.66. The van der Waals surface area contributed by atoms with Crippen molar-refractivity contribution in [3.8, 4) is 0 Å². The molecule has 0 saturated carbocycles. The minimum Gasteiger partial charge on any atom is -0.377 e. The second-order valence-corrected chi connectivity index (χ2v) is 4.63. The van der Waals surface area contributed by atoms with Gasteiger partial charge in [0.1, 0.15) is 0 Å². The molecule has 1 heterocycles. The van der Waals surface area contributed by atoms with Crippen molar-refractivity contribution in [1.82, 2.24) is 5.32 Å². The Morgan fingerprint density at radius 2 is 1.17 bits per heavy atom. The van der Waals surface area contributed by atoms with Gasteiger partial charge in [-0.2, -0.15) is 0 Å². The first-order chi connectivity index (χ1) is 8.93. The molecule has 18 heavy (non-hydrogen) atoms. The van der Waals surface area contributed by atoms with Crippen LogP contribution in [0, 0.1) is 0 Å². The van der Waals surface area contributed by atoms with E-state index in [0.29, 0.717) is 0 Å². The summed E-state index contributed by atoms with van der Waals surface area (Å²) in [6.45, 7) is 1.49. The van der Waals surface area contributed by atoms with Gasteiger partial charge < -0.3 is 4.74 Å². The van der Waals surface area contributed by atoms with Crippen molar-refractivity contribution in [2.45, 2.75) is 12.1 Å². The van der Waals surface area contributed by atoms with Gasteiger partial charge >= 0.3 is 0 Å². The molecule has 3 rings (SSSR count). The Labute approximate surface area is 108 Å². The van der Waals surface area contributed by atoms with E-state index in [0.717, 1.165) is 13.2 Å². The van der Waals surface area contributed by atoms with Crippen LogP contribution in [0.25, 0.3) is 0 Å². The van der Waals surface area contributed by atoms with Crippen molar-refractivity contribution in [2.24, 2.45) is 0 Å². The quantitative estimate of drug-likeness (QED) is 0.869. The highest BCUT2D eigenvalue weighted by molar-refractivity contribution is 5.23. The number of benzene rings is 2. The molecule has 2 aromatic carbocycles. The van der Waals surface area contributed by atoms with Crippen LogP contribution in [0.3, 0.4) is 0 Å². The highest BCUT2D eigenvalue weighted by atomic mass is 16.5. The van der Waals surface area contributed by atoms with Crippen LogP contribution >= 0.6 is 0 Å². The van der Waals surface area contributed by atoms with Gasteiger partial charge in [-0.05, 0) is 11.1 Å². The minimum atomic E-state index is 0.283. The van der Waals surface area contributed by atoms with Crippen LogP contribution in [-0.4, -0.2) is 13.2 Å². The SMILES string of the molecule is c1ccc([C@@H]2COC[C@H](c3ccccc3)N2)cc1. The lowest BCUT2D eigenvalue weighted by Gasteiger charge is -2.31. The van der Waals surface area contributed by atoms with E-state index in [2.05, 4.69) is 53.8 Å². The zero-order chi connectivity index (χ0) is 12.2. The van der Waals surface area contributed by atoms with Gasteiger partial charge in [-0.25, -0.2) is 0 Å². The average Bonchev–Trinajstić information content (AvgIpc) is 2.49. The molecule has 0 aliphatic carbocycles. The molecule has 0 aromatic heterocycles. The molecule has 1 aliphatic rings. The van der Waals surface area contributed by atoms with Crippen molar-refractivity contribution in [3.05, 3.63) is 71.8 Å². The molecule has 92 valence electrons. The number of rotatable bonds is 2. The third-order valence-electron chi connectivity index (χ3n) is 3.38. The summed E-state index contributed by atoms with van der Waals surface area (Å²) in [4.78, 5) is 0. The summed E-state index contributed by atoms with van der Waals surface area (Å²) in [5.74, 6) is 0. The molecule has 1 N–H and O–H groups in total. The first-order valence-corrected chi connectivity index (χ1v) is 6.37. The van der Waals surface area contributed by atoms with Crippen molar-refractivity contribution in [2.75, 3.05) is 13.2 Å². The fraction of sp³-hybridized carbons (Fsp3) is 0.250. The summed E-state index contributed by atoms with van der Waals surface area (Å²) in [6, 6.07) is 21.5. The Hall–Kier alpha value is -1.64. The second-order valence-electron chi connectivity index (χ2n) is 4.63. The summed E-state index contributed by atoms with van der Waals surface area (Å²) in [5.41, 5.74) is 2.58. The molecule has 2 atom stereocenters. The highest BCUT2D eigenvalue weighted by Crippen LogP contribution is 2.24. The molecule has 0 amide bonds. The number of ether oxygens (including phenoxy) is 1. The predicted octanol–water partition coefficient (Wildman–Crippen LogP) is 3.09. The number of hydrogen-bond acceptors (Lipinski definition) is 2. The molecule has 1 fully saturated rings. The van der Waals surface area contributed by atoms with Crippen molar-refractivity contribution < 1.29 is 4.74 Å². The van der Waals surface area contributed by atoms with Crippen LogP contribution in [0.5, 0.6) is 0 Å². The molecule has 0 unspecified atom stereocenters. The second kappa shape index (κ2) is 5.34. The van der Waals surface area contributed by atoms with E-state index in [9.17, 15) is 0 Å². The van der Waals surface area contributed by atoms with Gasteiger partial charge in [-0.15, -0.1) is 0 Å². The van der Waals surface area contributed by atoms with Crippen LogP contribution in [0.1, 0.15) is 23.2 Å². The molecule has 1 saturated heterocycles. The zero-order valence-corrected chi connectivity index (χ0v) is 10.3. The fourth-order valence-electron chi connectivity index (χ4n) is 2.40. The molecule has 2 aromatic rings. The average molecular weight is 239 g/mol. The molecule has 2 heteroatoms. The Balaban J connectivity index is 1.77. The Bertz CT molecular complexity index is 437. The van der Waals surface area contributed by atoms with Gasteiger partial charge in [0, 0.05) is 0 Å². The van der Waals surface area contributed by atoms with Gasteiger partial charge in [0.25, 0.3) is 0 Å². The maximum atomic E-state index is 5.74.